The number of carbonyl (C=O) groups excluding carboxylic acids is 1. The van der Waals surface area contributed by atoms with E-state index in [4.69, 9.17) is 18.9 Å². The molecule has 0 fully saturated rings. The summed E-state index contributed by atoms with van der Waals surface area (Å²) >= 11 is 0. The van der Waals surface area contributed by atoms with E-state index in [1.165, 1.54) is 33.5 Å². The van der Waals surface area contributed by atoms with Crippen LogP contribution >= 0.6 is 0 Å². The molecule has 0 saturated carbocycles. The highest BCUT2D eigenvalue weighted by atomic mass is 19.1. The highest BCUT2D eigenvalue weighted by Gasteiger charge is 2.14. The van der Waals surface area contributed by atoms with Gasteiger partial charge in [0, 0.05) is 30.0 Å². The molecule has 6 nitrogen and oxygen atoms in total. The Morgan fingerprint density at radius 2 is 1.65 bits per heavy atom. The zero-order valence-corrected chi connectivity index (χ0v) is 15.2. The van der Waals surface area contributed by atoms with Crippen LogP contribution in [-0.4, -0.2) is 40.5 Å². The molecule has 26 heavy (non-hydrogen) atoms. The number of hydrogen-bond acceptors (Lipinski definition) is 5. The fourth-order valence-electron chi connectivity index (χ4n) is 2.35. The van der Waals surface area contributed by atoms with Crippen molar-refractivity contribution in [1.29, 1.82) is 0 Å². The fourth-order valence-corrected chi connectivity index (χ4v) is 2.35. The molecule has 0 radical (unpaired) electrons. The second-order valence-electron chi connectivity index (χ2n) is 5.45. The van der Waals surface area contributed by atoms with E-state index in [0.717, 1.165) is 5.56 Å². The number of anilines is 1. The van der Waals surface area contributed by atoms with Crippen LogP contribution in [0, 0.1) is 12.7 Å². The topological polar surface area (TPSA) is 66.0 Å². The maximum absolute atomic E-state index is 14.1. The molecule has 2 aromatic rings. The molecule has 0 aliphatic rings. The lowest BCUT2D eigenvalue weighted by Gasteiger charge is -2.13. The van der Waals surface area contributed by atoms with Crippen molar-refractivity contribution in [3.8, 4) is 17.2 Å². The molecular formula is C19H22FNO5. The molecule has 0 heterocycles. The number of benzene rings is 2. The van der Waals surface area contributed by atoms with Gasteiger partial charge in [0.1, 0.15) is 18.1 Å². The second kappa shape index (κ2) is 9.05. The Hall–Kier alpha value is -2.80. The van der Waals surface area contributed by atoms with Crippen LogP contribution in [0.1, 0.15) is 15.9 Å². The first-order valence-electron chi connectivity index (χ1n) is 7.95. The van der Waals surface area contributed by atoms with Crippen molar-refractivity contribution in [1.82, 2.24) is 0 Å². The molecule has 1 amide bonds. The van der Waals surface area contributed by atoms with E-state index in [1.807, 2.05) is 6.92 Å². The Morgan fingerprint density at radius 3 is 2.19 bits per heavy atom. The Balaban J connectivity index is 2.16. The highest BCUT2D eigenvalue weighted by molar-refractivity contribution is 6.05. The molecule has 2 rings (SSSR count). The number of nitrogens with one attached hydrogen (secondary N) is 1. The van der Waals surface area contributed by atoms with Crippen molar-refractivity contribution in [3.05, 3.63) is 47.3 Å². The Labute approximate surface area is 151 Å². The first-order chi connectivity index (χ1) is 12.5. The first-order valence-corrected chi connectivity index (χ1v) is 7.95. The van der Waals surface area contributed by atoms with Crippen LogP contribution in [0.5, 0.6) is 17.2 Å². The van der Waals surface area contributed by atoms with E-state index in [1.54, 1.807) is 18.2 Å². The van der Waals surface area contributed by atoms with Gasteiger partial charge in [-0.15, -0.1) is 0 Å². The maximum Gasteiger partial charge on any atom is 0.255 e. The van der Waals surface area contributed by atoms with Gasteiger partial charge in [-0.1, -0.05) is 0 Å². The van der Waals surface area contributed by atoms with Crippen LogP contribution in [0.2, 0.25) is 0 Å². The summed E-state index contributed by atoms with van der Waals surface area (Å²) in [7, 11) is 4.57. The van der Waals surface area contributed by atoms with Crippen molar-refractivity contribution in [2.24, 2.45) is 0 Å². The summed E-state index contributed by atoms with van der Waals surface area (Å²) in [6.07, 6.45) is 0. The summed E-state index contributed by atoms with van der Waals surface area (Å²) in [5, 5.41) is 2.65. The number of rotatable bonds is 8. The van der Waals surface area contributed by atoms with Gasteiger partial charge in [0.25, 0.3) is 5.91 Å². The van der Waals surface area contributed by atoms with Crippen molar-refractivity contribution < 1.29 is 28.1 Å². The van der Waals surface area contributed by atoms with Crippen molar-refractivity contribution in [2.45, 2.75) is 6.92 Å². The highest BCUT2D eigenvalue weighted by Crippen LogP contribution is 2.30. The number of halogens is 1. The van der Waals surface area contributed by atoms with E-state index in [9.17, 15) is 9.18 Å². The molecule has 0 aliphatic heterocycles. The quantitative estimate of drug-likeness (QED) is 0.728. The predicted molar refractivity (Wildman–Crippen MR) is 96.0 cm³/mol. The molecule has 0 unspecified atom stereocenters. The normalized spacial score (nSPS) is 10.3. The summed E-state index contributed by atoms with van der Waals surface area (Å²) < 4.78 is 34.7. The van der Waals surface area contributed by atoms with Crippen molar-refractivity contribution in [2.75, 3.05) is 39.9 Å². The average molecular weight is 363 g/mol. The molecule has 140 valence electrons. The first kappa shape index (κ1) is 19.5. The molecule has 0 atom stereocenters. The summed E-state index contributed by atoms with van der Waals surface area (Å²) in [5.41, 5.74) is 1.44. The zero-order chi connectivity index (χ0) is 19.1. The van der Waals surface area contributed by atoms with E-state index >= 15 is 0 Å². The van der Waals surface area contributed by atoms with Crippen LogP contribution < -0.4 is 19.5 Å². The maximum atomic E-state index is 14.1. The van der Waals surface area contributed by atoms with E-state index in [0.29, 0.717) is 29.4 Å². The van der Waals surface area contributed by atoms with Crippen LogP contribution in [-0.2, 0) is 4.74 Å². The van der Waals surface area contributed by atoms with Gasteiger partial charge in [-0.2, -0.15) is 0 Å². The zero-order valence-electron chi connectivity index (χ0n) is 15.2. The number of hydrogen-bond donors (Lipinski definition) is 1. The fraction of sp³-hybridized carbons (Fsp3) is 0.316. The van der Waals surface area contributed by atoms with Gasteiger partial charge in [0.2, 0.25) is 0 Å². The number of carbonyl (C=O) groups is 1. The minimum Gasteiger partial charge on any atom is -0.496 e. The standard InChI is InChI=1S/C19H22FNO5/c1-12-17(24-3)9-13(10-18(12)25-4)19(22)21-14-5-6-16(15(20)11-14)26-8-7-23-2/h5-6,9-11H,7-8H2,1-4H3,(H,21,22). The third-order valence-electron chi connectivity index (χ3n) is 3.75. The summed E-state index contributed by atoms with van der Waals surface area (Å²) in [6.45, 7) is 2.42. The van der Waals surface area contributed by atoms with Crippen LogP contribution in [0.4, 0.5) is 10.1 Å². The summed E-state index contributed by atoms with van der Waals surface area (Å²) in [6, 6.07) is 7.42. The Kier molecular flexibility index (Phi) is 6.80. The van der Waals surface area contributed by atoms with E-state index < -0.39 is 11.7 Å². The third kappa shape index (κ3) is 4.64. The van der Waals surface area contributed by atoms with Crippen LogP contribution in [0.25, 0.3) is 0 Å². The van der Waals surface area contributed by atoms with Crippen LogP contribution in [0.15, 0.2) is 30.3 Å². The summed E-state index contributed by atoms with van der Waals surface area (Å²) in [5.74, 6) is 0.177. The van der Waals surface area contributed by atoms with Gasteiger partial charge >= 0.3 is 0 Å². The molecule has 0 saturated heterocycles. The molecule has 0 aliphatic carbocycles. The lowest BCUT2D eigenvalue weighted by Crippen LogP contribution is -2.13. The van der Waals surface area contributed by atoms with Gasteiger partial charge in [-0.3, -0.25) is 4.79 Å². The average Bonchev–Trinajstić information content (AvgIpc) is 2.63. The minimum absolute atomic E-state index is 0.0960. The Bertz CT molecular complexity index is 754. The van der Waals surface area contributed by atoms with Gasteiger partial charge in [0.05, 0.1) is 20.8 Å². The monoisotopic (exact) mass is 363 g/mol. The summed E-state index contributed by atoms with van der Waals surface area (Å²) in [4.78, 5) is 12.5. The smallest absolute Gasteiger partial charge is 0.255 e. The largest absolute Gasteiger partial charge is 0.496 e. The van der Waals surface area contributed by atoms with Gasteiger partial charge in [-0.05, 0) is 31.2 Å². The number of ether oxygens (including phenoxy) is 4. The SMILES string of the molecule is COCCOc1ccc(NC(=O)c2cc(OC)c(C)c(OC)c2)cc1F. The van der Waals surface area contributed by atoms with Crippen LogP contribution in [0.3, 0.4) is 0 Å². The predicted octanol–water partition coefficient (Wildman–Crippen LogP) is 3.43. The minimum atomic E-state index is -0.571. The lowest BCUT2D eigenvalue weighted by atomic mass is 10.1. The van der Waals surface area contributed by atoms with Crippen molar-refractivity contribution >= 4 is 11.6 Å². The number of methoxy groups -OCH3 is 3. The molecule has 1 N–H and O–H groups in total. The third-order valence-corrected chi connectivity index (χ3v) is 3.75. The van der Waals surface area contributed by atoms with Gasteiger partial charge < -0.3 is 24.3 Å². The molecule has 0 spiro atoms. The molecule has 2 aromatic carbocycles. The molecule has 0 aromatic heterocycles. The molecular weight excluding hydrogens is 341 g/mol. The second-order valence-corrected chi connectivity index (χ2v) is 5.45. The van der Waals surface area contributed by atoms with Gasteiger partial charge in [0.15, 0.2) is 11.6 Å². The lowest BCUT2D eigenvalue weighted by molar-refractivity contribution is 0.102. The van der Waals surface area contributed by atoms with Gasteiger partial charge in [-0.25, -0.2) is 4.39 Å². The Morgan fingerprint density at radius 1 is 1.00 bits per heavy atom. The van der Waals surface area contributed by atoms with Crippen molar-refractivity contribution in [3.63, 3.8) is 0 Å². The van der Waals surface area contributed by atoms with E-state index in [-0.39, 0.29) is 12.4 Å². The molecule has 0 bridgehead atoms. The number of amides is 1. The van der Waals surface area contributed by atoms with E-state index in [2.05, 4.69) is 5.32 Å². The molecule has 7 heteroatoms.